The maximum absolute atomic E-state index is 12.6. The summed E-state index contributed by atoms with van der Waals surface area (Å²) in [7, 11) is 0. The number of rotatable bonds is 5. The van der Waals surface area contributed by atoms with Gasteiger partial charge in [-0.05, 0) is 38.1 Å². The van der Waals surface area contributed by atoms with Gasteiger partial charge in [-0.15, -0.1) is 0 Å². The van der Waals surface area contributed by atoms with Gasteiger partial charge in [0.25, 0.3) is 0 Å². The van der Waals surface area contributed by atoms with Crippen molar-refractivity contribution >= 4 is 29.1 Å². The van der Waals surface area contributed by atoms with E-state index in [1.807, 2.05) is 30.3 Å². The van der Waals surface area contributed by atoms with Crippen LogP contribution in [0.25, 0.3) is 11.4 Å². The van der Waals surface area contributed by atoms with Crippen molar-refractivity contribution in [3.63, 3.8) is 0 Å². The normalized spacial score (nSPS) is 15.0. The number of halogens is 1. The molecule has 0 aliphatic carbocycles. The monoisotopic (exact) mass is 424 g/mol. The maximum Gasteiger partial charge on any atom is 0.173 e. The average molecular weight is 425 g/mol. The summed E-state index contributed by atoms with van der Waals surface area (Å²) in [5.41, 5.74) is 3.32. The second kappa shape index (κ2) is 8.27. The molecule has 3 aromatic rings. The van der Waals surface area contributed by atoms with Crippen molar-refractivity contribution in [3.8, 4) is 11.4 Å². The van der Waals surface area contributed by atoms with Gasteiger partial charge in [0.15, 0.2) is 11.6 Å². The second-order valence-electron chi connectivity index (χ2n) is 7.59. The van der Waals surface area contributed by atoms with Gasteiger partial charge in [-0.3, -0.25) is 4.79 Å². The van der Waals surface area contributed by atoms with E-state index in [9.17, 15) is 4.79 Å². The molecule has 0 spiro atoms. The van der Waals surface area contributed by atoms with E-state index in [1.165, 1.54) is 11.8 Å². The molecule has 0 fully saturated rings. The minimum Gasteiger partial charge on any atom is -0.370 e. The minimum absolute atomic E-state index is 0.0392. The summed E-state index contributed by atoms with van der Waals surface area (Å²) in [6.07, 6.45) is 0.712. The molecule has 2 aromatic carbocycles. The predicted molar refractivity (Wildman–Crippen MR) is 117 cm³/mol. The lowest BCUT2D eigenvalue weighted by Gasteiger charge is -2.32. The predicted octanol–water partition coefficient (Wildman–Crippen LogP) is 5.62. The second-order valence-corrected chi connectivity index (χ2v) is 8.99. The number of thioether (sulfide) groups is 1. The third kappa shape index (κ3) is 4.69. The molecule has 6 heteroatoms. The Balaban J connectivity index is 1.64. The Kier molecular flexibility index (Phi) is 5.72. The molecule has 29 heavy (non-hydrogen) atoms. The van der Waals surface area contributed by atoms with E-state index in [-0.39, 0.29) is 11.4 Å². The lowest BCUT2D eigenvalue weighted by atomic mass is 9.96. The van der Waals surface area contributed by atoms with Gasteiger partial charge in [0.05, 0.1) is 23.7 Å². The molecule has 0 radical (unpaired) electrons. The zero-order chi connectivity index (χ0) is 20.4. The number of ether oxygens (including phenoxy) is 1. The molecular formula is C23H21ClN2O2S. The topological polar surface area (TPSA) is 52.1 Å². The highest BCUT2D eigenvalue weighted by Crippen LogP contribution is 2.34. The third-order valence-electron chi connectivity index (χ3n) is 4.79. The van der Waals surface area contributed by atoms with Crippen LogP contribution in [0.4, 0.5) is 0 Å². The van der Waals surface area contributed by atoms with Crippen LogP contribution in [-0.4, -0.2) is 27.1 Å². The first-order valence-corrected chi connectivity index (χ1v) is 10.8. The van der Waals surface area contributed by atoms with Crippen LogP contribution in [0, 0.1) is 0 Å². The van der Waals surface area contributed by atoms with Crippen LogP contribution >= 0.6 is 23.4 Å². The highest BCUT2D eigenvalue weighted by Gasteiger charge is 2.30. The molecular weight excluding hydrogens is 404 g/mol. The first kappa shape index (κ1) is 20.1. The largest absolute Gasteiger partial charge is 0.370 e. The summed E-state index contributed by atoms with van der Waals surface area (Å²) >= 11 is 7.36. The summed E-state index contributed by atoms with van der Waals surface area (Å²) in [5, 5.41) is 1.43. The molecule has 0 amide bonds. The Morgan fingerprint density at radius 1 is 1.10 bits per heavy atom. The maximum atomic E-state index is 12.6. The fourth-order valence-electron chi connectivity index (χ4n) is 3.21. The highest BCUT2D eigenvalue weighted by molar-refractivity contribution is 8.00. The third-order valence-corrected chi connectivity index (χ3v) is 6.06. The Bertz CT molecular complexity index is 1040. The van der Waals surface area contributed by atoms with E-state index < -0.39 is 0 Å². The van der Waals surface area contributed by atoms with Crippen molar-refractivity contribution < 1.29 is 9.53 Å². The lowest BCUT2D eigenvalue weighted by Crippen LogP contribution is -2.33. The van der Waals surface area contributed by atoms with Gasteiger partial charge in [0.2, 0.25) is 0 Å². The number of hydrogen-bond donors (Lipinski definition) is 0. The van der Waals surface area contributed by atoms with Gasteiger partial charge < -0.3 is 4.74 Å². The molecule has 0 N–H and O–H groups in total. The van der Waals surface area contributed by atoms with Crippen LogP contribution in [-0.2, 0) is 17.8 Å². The van der Waals surface area contributed by atoms with E-state index >= 15 is 0 Å². The molecule has 0 saturated carbocycles. The smallest absolute Gasteiger partial charge is 0.173 e. The zero-order valence-corrected chi connectivity index (χ0v) is 17.9. The van der Waals surface area contributed by atoms with E-state index in [0.29, 0.717) is 35.2 Å². The summed E-state index contributed by atoms with van der Waals surface area (Å²) in [5.74, 6) is 1.02. The van der Waals surface area contributed by atoms with Crippen LogP contribution in [0.3, 0.4) is 0 Å². The number of nitrogens with zero attached hydrogens (tertiary/aromatic N) is 2. The lowest BCUT2D eigenvalue weighted by molar-refractivity contribution is -0.0428. The highest BCUT2D eigenvalue weighted by atomic mass is 35.5. The molecule has 2 heterocycles. The zero-order valence-electron chi connectivity index (χ0n) is 16.3. The van der Waals surface area contributed by atoms with Crippen molar-refractivity contribution in [1.29, 1.82) is 0 Å². The molecule has 0 saturated heterocycles. The molecule has 4 rings (SSSR count). The number of hydrogen-bond acceptors (Lipinski definition) is 5. The summed E-state index contributed by atoms with van der Waals surface area (Å²) in [6.45, 7) is 4.59. The average Bonchev–Trinajstić information content (AvgIpc) is 2.71. The number of carbonyl (C=O) groups is 1. The van der Waals surface area contributed by atoms with Crippen LogP contribution < -0.4 is 0 Å². The molecule has 0 unspecified atom stereocenters. The Labute approximate surface area is 179 Å². The number of aromatic nitrogens is 2. The van der Waals surface area contributed by atoms with Crippen molar-refractivity contribution in [2.45, 2.75) is 37.5 Å². The molecule has 0 atom stereocenters. The van der Waals surface area contributed by atoms with Crippen LogP contribution in [0.2, 0.25) is 5.02 Å². The number of ketones is 1. The SMILES string of the molecule is CC1(C)Cc2nc(-c3ccccc3)nc(SCC(=O)c3ccc(Cl)cc3)c2CO1. The number of carbonyl (C=O) groups excluding carboxylic acids is 1. The molecule has 0 bridgehead atoms. The fraction of sp³-hybridized carbons (Fsp3) is 0.261. The molecule has 1 aromatic heterocycles. The van der Waals surface area contributed by atoms with Crippen molar-refractivity contribution in [2.24, 2.45) is 0 Å². The van der Waals surface area contributed by atoms with Crippen LogP contribution in [0.1, 0.15) is 35.5 Å². The van der Waals surface area contributed by atoms with E-state index in [0.717, 1.165) is 21.8 Å². The Hall–Kier alpha value is -2.21. The van der Waals surface area contributed by atoms with E-state index in [1.54, 1.807) is 24.3 Å². The number of Topliss-reactive ketones (excluding diaryl/α,β-unsaturated/α-hetero) is 1. The van der Waals surface area contributed by atoms with Crippen molar-refractivity contribution in [3.05, 3.63) is 76.4 Å². The molecule has 4 nitrogen and oxygen atoms in total. The molecule has 1 aliphatic heterocycles. The first-order chi connectivity index (χ1) is 13.9. The van der Waals surface area contributed by atoms with Crippen molar-refractivity contribution in [2.75, 3.05) is 5.75 Å². The molecule has 1 aliphatic rings. The summed E-state index contributed by atoms with van der Waals surface area (Å²) in [6, 6.07) is 16.9. The minimum atomic E-state index is -0.267. The Morgan fingerprint density at radius 3 is 2.55 bits per heavy atom. The summed E-state index contributed by atoms with van der Waals surface area (Å²) in [4.78, 5) is 22.2. The standard InChI is InChI=1S/C23H21ClN2O2S/c1-23(2)12-19-18(13-28-23)22(26-21(25-19)16-6-4-3-5-7-16)29-14-20(27)15-8-10-17(24)11-9-15/h3-11H,12-14H2,1-2H3. The van der Waals surface area contributed by atoms with Gasteiger partial charge in [-0.25, -0.2) is 9.97 Å². The van der Waals surface area contributed by atoms with E-state index in [4.69, 9.17) is 26.3 Å². The van der Waals surface area contributed by atoms with E-state index in [2.05, 4.69) is 13.8 Å². The Morgan fingerprint density at radius 2 is 1.83 bits per heavy atom. The summed E-state index contributed by atoms with van der Waals surface area (Å²) < 4.78 is 5.99. The van der Waals surface area contributed by atoms with Gasteiger partial charge >= 0.3 is 0 Å². The van der Waals surface area contributed by atoms with Gasteiger partial charge in [-0.2, -0.15) is 0 Å². The first-order valence-electron chi connectivity index (χ1n) is 9.42. The fourth-order valence-corrected chi connectivity index (χ4v) is 4.27. The van der Waals surface area contributed by atoms with Crippen LogP contribution in [0.5, 0.6) is 0 Å². The number of fused-ring (bicyclic) bond motifs is 1. The quantitative estimate of drug-likeness (QED) is 0.302. The van der Waals surface area contributed by atoms with Gasteiger partial charge in [0, 0.05) is 28.1 Å². The van der Waals surface area contributed by atoms with Crippen molar-refractivity contribution in [1.82, 2.24) is 9.97 Å². The van der Waals surface area contributed by atoms with Crippen LogP contribution in [0.15, 0.2) is 59.6 Å². The van der Waals surface area contributed by atoms with Gasteiger partial charge in [0.1, 0.15) is 5.03 Å². The molecule has 148 valence electrons. The van der Waals surface area contributed by atoms with Gasteiger partial charge in [-0.1, -0.05) is 53.7 Å². The number of benzene rings is 2.